The lowest BCUT2D eigenvalue weighted by atomic mass is 9.95. The van der Waals surface area contributed by atoms with Gasteiger partial charge in [0.25, 0.3) is 0 Å². The molecule has 14 bridgehead atoms. The molecule has 0 aromatic carbocycles. The summed E-state index contributed by atoms with van der Waals surface area (Å²) >= 11 is 1.60. The second-order valence-electron chi connectivity index (χ2n) is 25.4. The van der Waals surface area contributed by atoms with Crippen molar-refractivity contribution >= 4 is 47.2 Å². The third kappa shape index (κ3) is 20.9. The summed E-state index contributed by atoms with van der Waals surface area (Å²) in [6, 6.07) is -2.82. The minimum atomic E-state index is -2.32. The Bertz CT molecular complexity index is 2620. The Balaban J connectivity index is 1.08. The number of rotatable bonds is 26. The monoisotopic (exact) mass is 1540 g/mol. The number of carboxylic acids is 2. The van der Waals surface area contributed by atoms with E-state index in [2.05, 4.69) is 10.6 Å². The van der Waals surface area contributed by atoms with Gasteiger partial charge in [-0.15, -0.1) is 0 Å². The van der Waals surface area contributed by atoms with Crippen molar-refractivity contribution in [2.45, 2.75) is 247 Å². The number of aliphatic hydroxyl groups excluding tert-OH is 19. The van der Waals surface area contributed by atoms with Crippen molar-refractivity contribution in [2.75, 3.05) is 89.5 Å². The van der Waals surface area contributed by atoms with E-state index in [9.17, 15) is 126 Å². The first-order valence-electron chi connectivity index (χ1n) is 33.0. The van der Waals surface area contributed by atoms with Gasteiger partial charge >= 0.3 is 11.9 Å². The van der Waals surface area contributed by atoms with Crippen LogP contribution in [0.1, 0.15) is 19.8 Å². The van der Waals surface area contributed by atoms with E-state index < -0.39 is 289 Å². The number of aliphatic hydroxyl groups is 19. The fourth-order valence-electron chi connectivity index (χ4n) is 12.4. The molecule has 0 spiro atoms. The van der Waals surface area contributed by atoms with Crippen LogP contribution in [0.3, 0.4) is 0 Å². The van der Waals surface area contributed by atoms with Crippen LogP contribution in [0.4, 0.5) is 0 Å². The summed E-state index contributed by atoms with van der Waals surface area (Å²) in [7, 11) is 1.35. The molecule has 1 amide bonds. The van der Waals surface area contributed by atoms with Gasteiger partial charge in [0.2, 0.25) is 5.91 Å². The van der Waals surface area contributed by atoms with Crippen molar-refractivity contribution in [1.82, 2.24) is 10.6 Å². The Morgan fingerprint density at radius 1 is 0.340 bits per heavy atom. The van der Waals surface area contributed by atoms with Gasteiger partial charge in [-0.3, -0.25) is 14.4 Å². The van der Waals surface area contributed by atoms with Crippen molar-refractivity contribution in [3.63, 3.8) is 0 Å². The third-order valence-corrected chi connectivity index (χ3v) is 20.5. The number of hydrogen-bond donors (Lipinski definition) is 23. The molecule has 0 aromatic heterocycles. The minimum Gasteiger partial charge on any atom is -0.480 e. The van der Waals surface area contributed by atoms with Crippen LogP contribution in [0.25, 0.3) is 0 Å². The van der Waals surface area contributed by atoms with Gasteiger partial charge in [0, 0.05) is 35.9 Å². The van der Waals surface area contributed by atoms with Gasteiger partial charge in [0.15, 0.2) is 44.0 Å². The van der Waals surface area contributed by atoms with Crippen molar-refractivity contribution < 1.29 is 202 Å². The zero-order valence-electron chi connectivity index (χ0n) is 55.3. The molecule has 596 valence electrons. The normalized spacial score (nSPS) is 44.8. The predicted octanol–water partition coefficient (Wildman–Crippen LogP) is -14.1. The highest BCUT2D eigenvalue weighted by atomic mass is 32.2. The molecule has 21 rings (SSSR count). The summed E-state index contributed by atoms with van der Waals surface area (Å²) in [5.41, 5.74) is 0. The molecule has 103 heavy (non-hydrogen) atoms. The van der Waals surface area contributed by atoms with Gasteiger partial charge in [-0.1, -0.05) is 0 Å². The van der Waals surface area contributed by atoms with Crippen LogP contribution in [0.15, 0.2) is 0 Å². The Morgan fingerprint density at radius 3 is 0.806 bits per heavy atom. The average Bonchev–Trinajstić information content (AvgIpc) is 0.785. The molecule has 0 aromatic rings. The van der Waals surface area contributed by atoms with E-state index in [1.807, 2.05) is 0 Å². The summed E-state index contributed by atoms with van der Waals surface area (Å²) in [6.45, 7) is -4.06. The summed E-state index contributed by atoms with van der Waals surface area (Å²) < 4.78 is 93.1. The zero-order valence-corrected chi connectivity index (χ0v) is 57.0. The Hall–Kier alpha value is -2.66. The molecule has 37 atom stereocenters. The number of carboxylic acid groups (broad SMARTS) is 2. The van der Waals surface area contributed by atoms with Crippen molar-refractivity contribution in [3.05, 3.63) is 0 Å². The molecule has 21 fully saturated rings. The number of carbonyl (C=O) groups excluding carboxylic acids is 2. The second-order valence-corrected chi connectivity index (χ2v) is 27.6. The molecular formula is C58H96N2O41S2. The third-order valence-electron chi connectivity index (χ3n) is 18.3. The van der Waals surface area contributed by atoms with Crippen molar-refractivity contribution in [1.29, 1.82) is 0 Å². The maximum atomic E-state index is 12.9. The van der Waals surface area contributed by atoms with Crippen LogP contribution in [0, 0.1) is 0 Å². The zero-order chi connectivity index (χ0) is 75.4. The molecule has 0 radical (unpaired) electrons. The van der Waals surface area contributed by atoms with Crippen LogP contribution in [0.2, 0.25) is 0 Å². The highest BCUT2D eigenvalue weighted by Crippen LogP contribution is 2.40. The average molecular weight is 1540 g/mol. The maximum absolute atomic E-state index is 12.9. The fourth-order valence-corrected chi connectivity index (χ4v) is 14.7. The second kappa shape index (κ2) is 39.8. The van der Waals surface area contributed by atoms with Gasteiger partial charge < -0.3 is 194 Å². The molecule has 21 aliphatic rings. The van der Waals surface area contributed by atoms with Crippen LogP contribution >= 0.6 is 23.5 Å². The minimum absolute atomic E-state index is 0.0368. The lowest BCUT2D eigenvalue weighted by Gasteiger charge is -2.50. The number of ketones is 1. The number of hydrogen-bond acceptors (Lipinski definition) is 42. The van der Waals surface area contributed by atoms with E-state index in [0.29, 0.717) is 0 Å². The summed E-state index contributed by atoms with van der Waals surface area (Å²) in [4.78, 5) is 48.5. The lowest BCUT2D eigenvalue weighted by molar-refractivity contribution is -0.395. The number of nitrogens with one attached hydrogen (secondary N) is 2. The van der Waals surface area contributed by atoms with Gasteiger partial charge in [0.05, 0.1) is 71.7 Å². The topological polar surface area (TPSA) is 665 Å². The van der Waals surface area contributed by atoms with E-state index in [1.165, 1.54) is 14.0 Å². The smallest absolute Gasteiger partial charge is 0.327 e. The molecule has 45 heteroatoms. The molecule has 0 aliphatic carbocycles. The highest BCUT2D eigenvalue weighted by Gasteiger charge is 2.60. The molecule has 21 heterocycles. The van der Waals surface area contributed by atoms with Crippen molar-refractivity contribution in [2.24, 2.45) is 0 Å². The molecular weight excluding hydrogens is 1440 g/mol. The number of ether oxygens (including phenoxy) is 16. The largest absolute Gasteiger partial charge is 0.480 e. The summed E-state index contributed by atoms with van der Waals surface area (Å²) in [5.74, 6) is -5.22. The van der Waals surface area contributed by atoms with Crippen molar-refractivity contribution in [3.8, 4) is 0 Å². The van der Waals surface area contributed by atoms with E-state index >= 15 is 0 Å². The van der Waals surface area contributed by atoms with Crippen LogP contribution in [-0.4, -0.2) is 447 Å². The first-order valence-corrected chi connectivity index (χ1v) is 35.3. The standard InChI is InChI=1S/C58H96N2O41S2/c1-18(66)3-5-86-7-8-87-6-4-28(67)60-20(51(84)85)15-103-17-27-49-35(74)42(81)58(94-27)99-47-25(13-65)90-54(38(77)31(47)70)97-45-22(10-62)91-55(39(78)32(45)71)100-48-26(16-102-14-19(59-2)50(82)83)93-57(41(80)34(48)73)98-46-24(12-64)89-53(37(76)30(46)69)95-43-21(9-61)88-52(36(75)29(43)68)96-44-23(11-63)92-56(101-49)40(79)33(44)72/h19-27,29-49,52-59,61-65,68-81H,3-17H2,1-2H3,(H,60,67)(H,82,83)(H,84,85)/t19-,20-,21?,22?,23?,24?,25?,26?,27?,29-,30-,31-,32+,33-,34-,35-,36?,37?,38?,39?,40?,41?,42?,43-,44-,45-,46-,47-,48-,49-,52-,53-,54+,55+,56+,57+,58-/m1/s1. The Labute approximate surface area is 594 Å². The van der Waals surface area contributed by atoms with Crippen LogP contribution in [0.5, 0.6) is 0 Å². The van der Waals surface area contributed by atoms with Gasteiger partial charge in [-0.2, -0.15) is 23.5 Å². The lowest BCUT2D eigenvalue weighted by Crippen LogP contribution is -2.68. The van der Waals surface area contributed by atoms with Gasteiger partial charge in [-0.05, 0) is 14.0 Å². The van der Waals surface area contributed by atoms with E-state index in [0.717, 1.165) is 23.5 Å². The fraction of sp³-hybridized carbons (Fsp3) is 0.931. The molecule has 21 aliphatic heterocycles. The molecule has 14 unspecified atom stereocenters. The van der Waals surface area contributed by atoms with Gasteiger partial charge in [-0.25, -0.2) is 4.79 Å². The Kier molecular flexibility index (Phi) is 33.2. The first kappa shape index (κ1) is 85.9. The van der Waals surface area contributed by atoms with E-state index in [4.69, 9.17) is 75.8 Å². The van der Waals surface area contributed by atoms with Crippen LogP contribution < -0.4 is 10.6 Å². The summed E-state index contributed by atoms with van der Waals surface area (Å²) in [5, 5.41) is 242. The SMILES string of the molecule is CN[C@H](CSCC1O[C@H]2O[C@@H]3C(CO)O[C@H](O[C@@H]4C(CO)O[C@H](O[C@@H]5C(CO)O[C@@H](O[C@@H]6C(CSC[C@@H](NC(=O)CCOCCOCCC(C)=O)C(=O)O)O[C@H](O[C@@H]7C(CO)O[C@@H](O[C@@H]8C(CO)O[C@@H](O[C@H]1[C@H](O)C2O)C(O)[C@@H]8O)C(O)[C@H]7O)C(O)[C@H]6O)C(O)[C@H]5O)C(O)[C@H]4O)C(O)[C@H]3O)C(=O)O. The number of thioether (sulfide) groups is 2. The molecule has 0 saturated carbocycles. The van der Waals surface area contributed by atoms with Gasteiger partial charge in [0.1, 0.15) is 177 Å². The summed E-state index contributed by atoms with van der Waals surface area (Å²) in [6.07, 6.45) is -72.9. The predicted molar refractivity (Wildman–Crippen MR) is 331 cm³/mol. The van der Waals surface area contributed by atoms with E-state index in [1.54, 1.807) is 0 Å². The first-order chi connectivity index (χ1) is 49.0. The number of amides is 1. The van der Waals surface area contributed by atoms with Crippen LogP contribution in [-0.2, 0) is 95.0 Å². The Morgan fingerprint density at radius 2 is 0.573 bits per heavy atom. The quantitative estimate of drug-likeness (QED) is 0.0358. The number of Topliss-reactive ketones (excluding diaryl/α,β-unsaturated/α-hetero) is 1. The van der Waals surface area contributed by atoms with E-state index in [-0.39, 0.29) is 56.6 Å². The maximum Gasteiger partial charge on any atom is 0.327 e. The number of aliphatic carboxylic acids is 2. The number of carbonyl (C=O) groups is 4. The molecule has 43 nitrogen and oxygen atoms in total. The number of likely N-dealkylation sites (N-methyl/N-ethyl adjacent to an activating group) is 1. The molecule has 23 N–H and O–H groups in total. The molecule has 21 saturated heterocycles. The highest BCUT2D eigenvalue weighted by molar-refractivity contribution is 7.99.